The molecule has 0 saturated heterocycles. The Balaban J connectivity index is 1.48. The number of nitrogens with one attached hydrogen (secondary N) is 3. The number of carbonyl (C=O) groups is 2. The molecule has 0 aliphatic heterocycles. The van der Waals surface area contributed by atoms with Crippen LogP contribution in [0, 0.1) is 0 Å². The van der Waals surface area contributed by atoms with Crippen LogP contribution in [-0.2, 0) is 22.6 Å². The molecule has 1 aromatic heterocycles. The van der Waals surface area contributed by atoms with Gasteiger partial charge < -0.3 is 20.4 Å². The van der Waals surface area contributed by atoms with Gasteiger partial charge in [-0.15, -0.1) is 0 Å². The van der Waals surface area contributed by atoms with Gasteiger partial charge in [0.1, 0.15) is 12.6 Å². The van der Waals surface area contributed by atoms with Crippen molar-refractivity contribution in [2.24, 2.45) is 0 Å². The van der Waals surface area contributed by atoms with Gasteiger partial charge in [-0.05, 0) is 41.8 Å². The molecule has 0 radical (unpaired) electrons. The van der Waals surface area contributed by atoms with Crippen molar-refractivity contribution in [2.45, 2.75) is 32.0 Å². The number of carbonyl (C=O) groups excluding carboxylic acids is 2. The molecular weight excluding hydrogens is 485 g/mol. The molecule has 180 valence electrons. The lowest BCUT2D eigenvalue weighted by atomic mass is 10.0. The normalized spacial score (nSPS) is 12.7. The third-order valence-corrected chi connectivity index (χ3v) is 6.46. The molecule has 8 heteroatoms. The molecule has 4 aromatic rings. The second kappa shape index (κ2) is 11.3. The number of halogens is 2. The number of aromatic nitrogens is 1. The van der Waals surface area contributed by atoms with Gasteiger partial charge in [-0.1, -0.05) is 77.8 Å². The Morgan fingerprint density at radius 3 is 2.46 bits per heavy atom. The molecule has 2 atom stereocenters. The third kappa shape index (κ3) is 6.35. The van der Waals surface area contributed by atoms with Crippen LogP contribution in [-0.4, -0.2) is 23.0 Å². The monoisotopic (exact) mass is 509 g/mol. The minimum Gasteiger partial charge on any atom is -0.445 e. The average molecular weight is 510 g/mol. The van der Waals surface area contributed by atoms with E-state index in [1.807, 2.05) is 67.7 Å². The van der Waals surface area contributed by atoms with E-state index in [4.69, 9.17) is 27.9 Å². The van der Waals surface area contributed by atoms with E-state index in [0.29, 0.717) is 22.0 Å². The zero-order valence-corrected chi connectivity index (χ0v) is 20.6. The number of alkyl carbamates (subject to hydrolysis) is 1. The van der Waals surface area contributed by atoms with Gasteiger partial charge in [0.05, 0.1) is 16.1 Å². The average Bonchev–Trinajstić information content (AvgIpc) is 3.27. The molecule has 0 unspecified atom stereocenters. The lowest BCUT2D eigenvalue weighted by Gasteiger charge is -2.21. The standard InChI is InChI=1S/C27H25Cl2N3O3/c1-17(19-7-3-2-4-8-19)31-26(33)25(14-20-15-30-24-10-6-5-9-21(20)24)32-27(34)35-16-18-11-12-22(28)23(29)13-18/h2-13,15,17,25,30H,14,16H2,1H3,(H,31,33)(H,32,34)/t17-,25+/m0/s1. The van der Waals surface area contributed by atoms with Crippen molar-refractivity contribution in [1.82, 2.24) is 15.6 Å². The highest BCUT2D eigenvalue weighted by atomic mass is 35.5. The SMILES string of the molecule is C[C@H](NC(=O)[C@@H](Cc1c[nH]c2ccccc12)NC(=O)OCc1ccc(Cl)c(Cl)c1)c1ccccc1. The van der Waals surface area contributed by atoms with E-state index < -0.39 is 12.1 Å². The summed E-state index contributed by atoms with van der Waals surface area (Å²) in [5.41, 5.74) is 3.53. The maximum atomic E-state index is 13.3. The molecule has 2 amide bonds. The Morgan fingerprint density at radius 2 is 1.69 bits per heavy atom. The highest BCUT2D eigenvalue weighted by Gasteiger charge is 2.25. The molecular formula is C27H25Cl2N3O3. The molecule has 0 spiro atoms. The van der Waals surface area contributed by atoms with Gasteiger partial charge in [0.2, 0.25) is 5.91 Å². The van der Waals surface area contributed by atoms with E-state index in [0.717, 1.165) is 22.0 Å². The fourth-order valence-corrected chi connectivity index (χ4v) is 4.15. The summed E-state index contributed by atoms with van der Waals surface area (Å²) in [6.45, 7) is 1.89. The lowest BCUT2D eigenvalue weighted by Crippen LogP contribution is -2.48. The molecule has 4 rings (SSSR count). The van der Waals surface area contributed by atoms with Crippen molar-refractivity contribution in [1.29, 1.82) is 0 Å². The highest BCUT2D eigenvalue weighted by Crippen LogP contribution is 2.23. The number of ether oxygens (including phenoxy) is 1. The van der Waals surface area contributed by atoms with Gasteiger partial charge in [-0.3, -0.25) is 4.79 Å². The number of para-hydroxylation sites is 1. The van der Waals surface area contributed by atoms with Crippen LogP contribution in [0.2, 0.25) is 10.0 Å². The predicted molar refractivity (Wildman–Crippen MR) is 139 cm³/mol. The summed E-state index contributed by atoms with van der Waals surface area (Å²) in [4.78, 5) is 29.1. The molecule has 0 fully saturated rings. The van der Waals surface area contributed by atoms with Crippen molar-refractivity contribution in [3.05, 3.63) is 106 Å². The fourth-order valence-electron chi connectivity index (χ4n) is 3.83. The molecule has 0 aliphatic carbocycles. The second-order valence-corrected chi connectivity index (χ2v) is 9.04. The van der Waals surface area contributed by atoms with Crippen LogP contribution in [0.4, 0.5) is 4.79 Å². The first kappa shape index (κ1) is 24.6. The van der Waals surface area contributed by atoms with Crippen molar-refractivity contribution in [2.75, 3.05) is 0 Å². The summed E-state index contributed by atoms with van der Waals surface area (Å²) < 4.78 is 5.36. The van der Waals surface area contributed by atoms with E-state index in [1.54, 1.807) is 18.2 Å². The minimum absolute atomic E-state index is 0.00936. The first-order valence-corrected chi connectivity index (χ1v) is 11.9. The van der Waals surface area contributed by atoms with E-state index in [2.05, 4.69) is 15.6 Å². The predicted octanol–water partition coefficient (Wildman–Crippen LogP) is 6.19. The number of benzene rings is 3. The Bertz CT molecular complexity index is 1320. The van der Waals surface area contributed by atoms with Crippen LogP contribution in [0.1, 0.15) is 29.7 Å². The van der Waals surface area contributed by atoms with Crippen LogP contribution in [0.5, 0.6) is 0 Å². The number of hydrogen-bond acceptors (Lipinski definition) is 3. The topological polar surface area (TPSA) is 83.2 Å². The van der Waals surface area contributed by atoms with E-state index in [9.17, 15) is 9.59 Å². The van der Waals surface area contributed by atoms with Gasteiger partial charge in [0, 0.05) is 23.5 Å². The number of amides is 2. The zero-order valence-electron chi connectivity index (χ0n) is 19.1. The van der Waals surface area contributed by atoms with E-state index >= 15 is 0 Å². The Morgan fingerprint density at radius 1 is 0.943 bits per heavy atom. The van der Waals surface area contributed by atoms with Crippen LogP contribution >= 0.6 is 23.2 Å². The van der Waals surface area contributed by atoms with Gasteiger partial charge in [-0.2, -0.15) is 0 Å². The van der Waals surface area contributed by atoms with Crippen LogP contribution in [0.3, 0.4) is 0 Å². The molecule has 0 bridgehead atoms. The summed E-state index contributed by atoms with van der Waals surface area (Å²) >= 11 is 12.0. The largest absolute Gasteiger partial charge is 0.445 e. The van der Waals surface area contributed by atoms with Gasteiger partial charge in [0.15, 0.2) is 0 Å². The molecule has 35 heavy (non-hydrogen) atoms. The summed E-state index contributed by atoms with van der Waals surface area (Å²) in [5.74, 6) is -0.307. The summed E-state index contributed by atoms with van der Waals surface area (Å²) in [5, 5.41) is 7.51. The molecule has 0 aliphatic rings. The molecule has 6 nitrogen and oxygen atoms in total. The highest BCUT2D eigenvalue weighted by molar-refractivity contribution is 6.42. The van der Waals surface area contributed by atoms with Crippen molar-refractivity contribution < 1.29 is 14.3 Å². The van der Waals surface area contributed by atoms with Crippen molar-refractivity contribution in [3.63, 3.8) is 0 Å². The molecule has 0 saturated carbocycles. The van der Waals surface area contributed by atoms with E-state index in [-0.39, 0.29) is 18.6 Å². The van der Waals surface area contributed by atoms with Crippen LogP contribution in [0.15, 0.2) is 79.0 Å². The molecule has 3 N–H and O–H groups in total. The summed E-state index contributed by atoms with van der Waals surface area (Å²) in [7, 11) is 0. The lowest BCUT2D eigenvalue weighted by molar-refractivity contribution is -0.123. The van der Waals surface area contributed by atoms with E-state index in [1.165, 1.54) is 0 Å². The first-order chi connectivity index (χ1) is 16.9. The Labute approximate surface area is 213 Å². The number of hydrogen-bond donors (Lipinski definition) is 3. The van der Waals surface area contributed by atoms with Crippen LogP contribution < -0.4 is 10.6 Å². The molecule has 1 heterocycles. The number of H-pyrrole nitrogens is 1. The summed E-state index contributed by atoms with van der Waals surface area (Å²) in [6.07, 6.45) is 1.44. The maximum absolute atomic E-state index is 13.3. The first-order valence-electron chi connectivity index (χ1n) is 11.2. The van der Waals surface area contributed by atoms with Crippen molar-refractivity contribution >= 4 is 46.1 Å². The second-order valence-electron chi connectivity index (χ2n) is 8.23. The summed E-state index contributed by atoms with van der Waals surface area (Å²) in [6, 6.07) is 21.4. The number of fused-ring (bicyclic) bond motifs is 1. The van der Waals surface area contributed by atoms with Crippen molar-refractivity contribution in [3.8, 4) is 0 Å². The Kier molecular flexibility index (Phi) is 7.95. The molecule has 3 aromatic carbocycles. The van der Waals surface area contributed by atoms with Crippen LogP contribution in [0.25, 0.3) is 10.9 Å². The third-order valence-electron chi connectivity index (χ3n) is 5.72. The number of rotatable bonds is 8. The fraction of sp³-hybridized carbons (Fsp3) is 0.185. The van der Waals surface area contributed by atoms with Gasteiger partial charge in [0.25, 0.3) is 0 Å². The van der Waals surface area contributed by atoms with Gasteiger partial charge in [-0.25, -0.2) is 4.79 Å². The quantitative estimate of drug-likeness (QED) is 0.264. The zero-order chi connectivity index (χ0) is 24.8. The minimum atomic E-state index is -0.846. The maximum Gasteiger partial charge on any atom is 0.408 e. The Hall–Kier alpha value is -3.48. The van der Waals surface area contributed by atoms with Gasteiger partial charge >= 0.3 is 6.09 Å². The number of aromatic amines is 1. The smallest absolute Gasteiger partial charge is 0.408 e.